The zero-order chi connectivity index (χ0) is 14.7. The van der Waals surface area contributed by atoms with Gasteiger partial charge in [0, 0.05) is 23.5 Å². The quantitative estimate of drug-likeness (QED) is 0.802. The van der Waals surface area contributed by atoms with Gasteiger partial charge in [-0.15, -0.1) is 0 Å². The first-order valence-corrected chi connectivity index (χ1v) is 6.25. The van der Waals surface area contributed by atoms with Gasteiger partial charge in [0.05, 0.1) is 18.0 Å². The van der Waals surface area contributed by atoms with Crippen LogP contribution >= 0.6 is 0 Å². The first-order chi connectivity index (χ1) is 10.2. The summed E-state index contributed by atoms with van der Waals surface area (Å²) in [7, 11) is 0. The van der Waals surface area contributed by atoms with E-state index in [9.17, 15) is 9.18 Å². The maximum Gasteiger partial charge on any atom is 0.272 e. The first kappa shape index (κ1) is 13.0. The van der Waals surface area contributed by atoms with Crippen molar-refractivity contribution in [3.63, 3.8) is 0 Å². The lowest BCUT2D eigenvalue weighted by Gasteiger charge is -2.03. The van der Waals surface area contributed by atoms with Gasteiger partial charge in [-0.3, -0.25) is 9.78 Å². The summed E-state index contributed by atoms with van der Waals surface area (Å²) in [4.78, 5) is 17.1. The van der Waals surface area contributed by atoms with Gasteiger partial charge in [0.2, 0.25) is 0 Å². The number of hydrogen-bond acceptors (Lipinski definition) is 3. The normalized spacial score (nSPS) is 10.3. The highest BCUT2D eigenvalue weighted by molar-refractivity contribution is 5.99. The summed E-state index contributed by atoms with van der Waals surface area (Å²) in [5, 5.41) is 4.00. The fourth-order valence-corrected chi connectivity index (χ4v) is 1.88. The second-order valence-corrected chi connectivity index (χ2v) is 4.34. The molecule has 0 bridgehead atoms. The molecule has 0 aliphatic rings. The molecule has 5 nitrogen and oxygen atoms in total. The maximum atomic E-state index is 13.7. The molecule has 1 aromatic carbocycles. The third kappa shape index (κ3) is 2.79. The molecule has 0 fully saturated rings. The lowest BCUT2D eigenvalue weighted by Crippen LogP contribution is -2.23. The number of pyridine rings is 1. The third-order valence-electron chi connectivity index (χ3n) is 2.91. The van der Waals surface area contributed by atoms with Crippen molar-refractivity contribution < 1.29 is 9.18 Å². The number of nitrogens with one attached hydrogen (secondary N) is 1. The van der Waals surface area contributed by atoms with Gasteiger partial charge in [-0.1, -0.05) is 18.2 Å². The van der Waals surface area contributed by atoms with E-state index >= 15 is 0 Å². The number of hydrogen-bond donors (Lipinski definition) is 1. The molecule has 2 aromatic heterocycles. The molecule has 3 aromatic rings. The van der Waals surface area contributed by atoms with E-state index in [4.69, 9.17) is 0 Å². The van der Waals surface area contributed by atoms with Crippen LogP contribution in [-0.4, -0.2) is 20.8 Å². The number of halogens is 1. The van der Waals surface area contributed by atoms with Crippen LogP contribution in [-0.2, 0) is 0 Å². The van der Waals surface area contributed by atoms with Crippen LogP contribution in [0.4, 0.5) is 4.39 Å². The first-order valence-electron chi connectivity index (χ1n) is 6.25. The maximum absolute atomic E-state index is 13.7. The second kappa shape index (κ2) is 5.54. The van der Waals surface area contributed by atoms with Crippen molar-refractivity contribution in [1.82, 2.24) is 14.9 Å². The Morgan fingerprint density at radius 2 is 2.00 bits per heavy atom. The fraction of sp³-hybridized carbons (Fsp3) is 0. The minimum Gasteiger partial charge on any atom is -0.267 e. The molecule has 21 heavy (non-hydrogen) atoms. The smallest absolute Gasteiger partial charge is 0.267 e. The van der Waals surface area contributed by atoms with E-state index in [0.29, 0.717) is 16.7 Å². The number of amides is 1. The van der Waals surface area contributed by atoms with E-state index in [1.807, 2.05) is 0 Å². The van der Waals surface area contributed by atoms with Crippen LogP contribution < -0.4 is 5.43 Å². The van der Waals surface area contributed by atoms with Crippen molar-refractivity contribution in [1.29, 1.82) is 0 Å². The number of carbonyl (C=O) groups excluding carboxylic acids is 1. The summed E-state index contributed by atoms with van der Waals surface area (Å²) in [6, 6.07) is 9.70. The number of nitrogens with zero attached hydrogens (tertiary/aromatic N) is 3. The Labute approximate surface area is 120 Å². The van der Waals surface area contributed by atoms with E-state index in [-0.39, 0.29) is 11.7 Å². The summed E-state index contributed by atoms with van der Waals surface area (Å²) < 4.78 is 13.7. The molecule has 3 rings (SSSR count). The van der Waals surface area contributed by atoms with E-state index in [1.165, 1.54) is 23.3 Å². The van der Waals surface area contributed by atoms with Crippen molar-refractivity contribution in [3.05, 3.63) is 72.6 Å². The zero-order valence-electron chi connectivity index (χ0n) is 10.9. The molecule has 0 saturated heterocycles. The molecule has 6 heteroatoms. The lowest BCUT2D eigenvalue weighted by molar-refractivity contribution is 0.100. The van der Waals surface area contributed by atoms with Crippen LogP contribution in [0.1, 0.15) is 10.4 Å². The average Bonchev–Trinajstić information content (AvgIpc) is 2.97. The van der Waals surface area contributed by atoms with E-state index in [2.05, 4.69) is 15.5 Å². The number of rotatable bonds is 3. The Hall–Kier alpha value is -3.02. The Bertz CT molecular complexity index is 770. The van der Waals surface area contributed by atoms with Crippen molar-refractivity contribution in [3.8, 4) is 11.1 Å². The predicted octanol–water partition coefficient (Wildman–Crippen LogP) is 2.47. The molecule has 104 valence electrons. The van der Waals surface area contributed by atoms with Gasteiger partial charge in [0.15, 0.2) is 0 Å². The Balaban J connectivity index is 1.80. The predicted molar refractivity (Wildman–Crippen MR) is 75.5 cm³/mol. The Morgan fingerprint density at radius 1 is 1.14 bits per heavy atom. The van der Waals surface area contributed by atoms with Crippen molar-refractivity contribution in [2.45, 2.75) is 0 Å². The van der Waals surface area contributed by atoms with Crippen LogP contribution in [0.5, 0.6) is 0 Å². The molecular formula is C15H11FN4O. The number of aromatic nitrogens is 3. The zero-order valence-corrected chi connectivity index (χ0v) is 10.9. The minimum atomic E-state index is -0.341. The average molecular weight is 282 g/mol. The van der Waals surface area contributed by atoms with Gasteiger partial charge in [0.25, 0.3) is 5.91 Å². The third-order valence-corrected chi connectivity index (χ3v) is 2.91. The van der Waals surface area contributed by atoms with Gasteiger partial charge in [-0.2, -0.15) is 9.89 Å². The molecule has 0 atom stereocenters. The Morgan fingerprint density at radius 3 is 2.76 bits per heavy atom. The van der Waals surface area contributed by atoms with Crippen molar-refractivity contribution in [2.24, 2.45) is 0 Å². The molecule has 1 N–H and O–H groups in total. The van der Waals surface area contributed by atoms with Crippen LogP contribution in [0.3, 0.4) is 0 Å². The molecule has 0 saturated carbocycles. The van der Waals surface area contributed by atoms with Crippen LogP contribution in [0.15, 0.2) is 61.2 Å². The molecule has 0 aliphatic heterocycles. The summed E-state index contributed by atoms with van der Waals surface area (Å²) in [6.45, 7) is 0. The topological polar surface area (TPSA) is 59.8 Å². The van der Waals surface area contributed by atoms with Gasteiger partial charge < -0.3 is 0 Å². The highest BCUT2D eigenvalue weighted by Crippen LogP contribution is 2.21. The van der Waals surface area contributed by atoms with E-state index < -0.39 is 0 Å². The summed E-state index contributed by atoms with van der Waals surface area (Å²) >= 11 is 0. The minimum absolute atomic E-state index is 0.337. The van der Waals surface area contributed by atoms with Gasteiger partial charge in [0.1, 0.15) is 5.82 Å². The van der Waals surface area contributed by atoms with Gasteiger partial charge >= 0.3 is 0 Å². The lowest BCUT2D eigenvalue weighted by atomic mass is 10.1. The largest absolute Gasteiger partial charge is 0.272 e. The molecule has 2 heterocycles. The molecule has 0 radical (unpaired) electrons. The highest BCUT2D eigenvalue weighted by atomic mass is 19.1. The summed E-state index contributed by atoms with van der Waals surface area (Å²) in [6.07, 6.45) is 6.08. The van der Waals surface area contributed by atoms with Gasteiger partial charge in [-0.25, -0.2) is 9.82 Å². The summed E-state index contributed by atoms with van der Waals surface area (Å²) in [5.41, 5.74) is 4.00. The van der Waals surface area contributed by atoms with Crippen molar-refractivity contribution in [2.75, 3.05) is 5.43 Å². The van der Waals surface area contributed by atoms with E-state index in [0.717, 1.165) is 0 Å². The van der Waals surface area contributed by atoms with Crippen LogP contribution in [0, 0.1) is 5.82 Å². The summed E-state index contributed by atoms with van der Waals surface area (Å²) in [5.74, 6) is -0.679. The fourth-order valence-electron chi connectivity index (χ4n) is 1.88. The molecule has 0 aliphatic carbocycles. The highest BCUT2D eigenvalue weighted by Gasteiger charge is 2.09. The number of benzene rings is 1. The van der Waals surface area contributed by atoms with E-state index in [1.54, 1.807) is 42.7 Å². The van der Waals surface area contributed by atoms with Crippen LogP contribution in [0.2, 0.25) is 0 Å². The molecular weight excluding hydrogens is 271 g/mol. The second-order valence-electron chi connectivity index (χ2n) is 4.34. The van der Waals surface area contributed by atoms with Crippen molar-refractivity contribution >= 4 is 5.91 Å². The standard InChI is InChI=1S/C15H11FN4O/c16-14-6-2-1-5-13(14)12-9-18-20(10-12)19-15(21)11-4-3-7-17-8-11/h1-10H,(H,19,21). The molecule has 1 amide bonds. The van der Waals surface area contributed by atoms with Gasteiger partial charge in [-0.05, 0) is 18.2 Å². The monoisotopic (exact) mass is 282 g/mol. The van der Waals surface area contributed by atoms with Crippen LogP contribution in [0.25, 0.3) is 11.1 Å². The SMILES string of the molecule is O=C(Nn1cc(-c2ccccc2F)cn1)c1cccnc1. The number of carbonyl (C=O) groups is 1. The Kier molecular flexibility index (Phi) is 3.42. The molecule has 0 unspecified atom stereocenters. The molecule has 0 spiro atoms.